The van der Waals surface area contributed by atoms with E-state index in [1.54, 1.807) is 54.6 Å². The van der Waals surface area contributed by atoms with Gasteiger partial charge in [-0.3, -0.25) is 4.79 Å². The second kappa shape index (κ2) is 11.9. The molecule has 0 unspecified atom stereocenters. The van der Waals surface area contributed by atoms with Crippen molar-refractivity contribution in [2.75, 3.05) is 20.7 Å². The van der Waals surface area contributed by atoms with E-state index < -0.39 is 5.97 Å². The maximum Gasteiger partial charge on any atom is 0.341 e. The number of aliphatic imine (C=N–C) groups is 1. The molecule has 0 aliphatic heterocycles. The molecule has 1 heterocycles. The molecule has 0 saturated heterocycles. The van der Waals surface area contributed by atoms with Crippen LogP contribution in [0.1, 0.15) is 32.5 Å². The Morgan fingerprint density at radius 3 is 2.44 bits per heavy atom. The Kier molecular flexibility index (Phi) is 8.98. The van der Waals surface area contributed by atoms with Crippen LogP contribution >= 0.6 is 38.9 Å². The zero-order valence-electron chi connectivity index (χ0n) is 18.7. The molecule has 176 valence electrons. The van der Waals surface area contributed by atoms with E-state index in [-0.39, 0.29) is 12.5 Å². The highest BCUT2D eigenvalue weighted by Crippen LogP contribution is 2.42. The Bertz CT molecular complexity index is 1220. The molecule has 0 fully saturated rings. The minimum Gasteiger partial charge on any atom is -0.462 e. The molecule has 0 bridgehead atoms. The number of hydrogen-bond donors (Lipinski definition) is 1. The van der Waals surface area contributed by atoms with Crippen LogP contribution in [0, 0.1) is 0 Å². The van der Waals surface area contributed by atoms with Crippen molar-refractivity contribution in [3.8, 4) is 11.1 Å². The predicted molar refractivity (Wildman–Crippen MR) is 142 cm³/mol. The number of nitrogens with zero attached hydrogens (tertiary/aromatic N) is 3. The Labute approximate surface area is 215 Å². The summed E-state index contributed by atoms with van der Waals surface area (Å²) in [5, 5.41) is 5.17. The fraction of sp³-hybridized carbons (Fsp3) is 0.167. The van der Waals surface area contributed by atoms with Crippen molar-refractivity contribution in [3.05, 3.63) is 74.0 Å². The summed E-state index contributed by atoms with van der Waals surface area (Å²) in [6.45, 7) is 1.97. The van der Waals surface area contributed by atoms with E-state index in [9.17, 15) is 9.59 Å². The summed E-state index contributed by atoms with van der Waals surface area (Å²) >= 11 is 10.7. The lowest BCUT2D eigenvalue weighted by Gasteiger charge is -2.08. The molecule has 34 heavy (non-hydrogen) atoms. The van der Waals surface area contributed by atoms with Crippen molar-refractivity contribution in [1.29, 1.82) is 0 Å². The second-order valence-electron chi connectivity index (χ2n) is 7.16. The van der Waals surface area contributed by atoms with Gasteiger partial charge in [0.25, 0.3) is 5.91 Å². The summed E-state index contributed by atoms with van der Waals surface area (Å²) in [5.41, 5.74) is 4.67. The van der Waals surface area contributed by atoms with Gasteiger partial charge < -0.3 is 9.64 Å². The van der Waals surface area contributed by atoms with Crippen molar-refractivity contribution in [2.45, 2.75) is 6.92 Å². The van der Waals surface area contributed by atoms with Gasteiger partial charge in [0, 0.05) is 34.7 Å². The maximum absolute atomic E-state index is 12.9. The molecule has 0 aliphatic carbocycles. The minimum atomic E-state index is -0.492. The molecular weight excluding hydrogens is 540 g/mol. The largest absolute Gasteiger partial charge is 0.462 e. The van der Waals surface area contributed by atoms with Gasteiger partial charge in [-0.1, -0.05) is 39.7 Å². The van der Waals surface area contributed by atoms with Crippen LogP contribution in [0.4, 0.5) is 5.00 Å². The Morgan fingerprint density at radius 1 is 1.15 bits per heavy atom. The van der Waals surface area contributed by atoms with Crippen molar-refractivity contribution < 1.29 is 14.3 Å². The molecule has 2 aromatic carbocycles. The molecule has 0 saturated carbocycles. The van der Waals surface area contributed by atoms with Gasteiger partial charge >= 0.3 is 5.97 Å². The van der Waals surface area contributed by atoms with Gasteiger partial charge in [-0.15, -0.1) is 11.3 Å². The van der Waals surface area contributed by atoms with Gasteiger partial charge in [0.2, 0.25) is 0 Å². The van der Waals surface area contributed by atoms with Gasteiger partial charge in [0.05, 0.1) is 24.0 Å². The molecule has 1 amide bonds. The average Bonchev–Trinajstić information content (AvgIpc) is 3.17. The first kappa shape index (κ1) is 25.6. The number of benzene rings is 2. The van der Waals surface area contributed by atoms with Crippen molar-refractivity contribution in [1.82, 2.24) is 10.3 Å². The normalized spacial score (nSPS) is 11.2. The minimum absolute atomic E-state index is 0.220. The topological polar surface area (TPSA) is 83.4 Å². The average molecular weight is 562 g/mol. The van der Waals surface area contributed by atoms with E-state index in [0.717, 1.165) is 10.0 Å². The van der Waals surface area contributed by atoms with E-state index in [1.807, 2.05) is 26.2 Å². The molecule has 1 N–H and O–H groups in total. The number of ether oxygens (including phenoxy) is 1. The van der Waals surface area contributed by atoms with Gasteiger partial charge in [-0.25, -0.2) is 15.2 Å². The summed E-state index contributed by atoms with van der Waals surface area (Å²) in [6.07, 6.45) is 3.11. The van der Waals surface area contributed by atoms with Crippen LogP contribution in [-0.2, 0) is 4.74 Å². The first-order valence-corrected chi connectivity index (χ1v) is 12.2. The predicted octanol–water partition coefficient (Wildman–Crippen LogP) is 5.99. The van der Waals surface area contributed by atoms with Gasteiger partial charge in [-0.05, 0) is 48.9 Å². The van der Waals surface area contributed by atoms with E-state index in [0.29, 0.717) is 31.6 Å². The van der Waals surface area contributed by atoms with Crippen LogP contribution in [0.5, 0.6) is 0 Å². The van der Waals surface area contributed by atoms with Crippen molar-refractivity contribution >= 4 is 68.3 Å². The Balaban J connectivity index is 2.05. The third-order valence-corrected chi connectivity index (χ3v) is 6.20. The Morgan fingerprint density at radius 2 is 1.82 bits per heavy atom. The summed E-state index contributed by atoms with van der Waals surface area (Å²) in [6, 6.07) is 14.0. The molecule has 0 spiro atoms. The first-order chi connectivity index (χ1) is 16.3. The van der Waals surface area contributed by atoms with E-state index in [1.165, 1.54) is 17.6 Å². The monoisotopic (exact) mass is 560 g/mol. The molecule has 0 aliphatic rings. The smallest absolute Gasteiger partial charge is 0.341 e. The second-order valence-corrected chi connectivity index (χ2v) is 9.55. The lowest BCUT2D eigenvalue weighted by molar-refractivity contribution is 0.0528. The van der Waals surface area contributed by atoms with Crippen LogP contribution in [0.15, 0.2) is 63.1 Å². The van der Waals surface area contributed by atoms with Crippen LogP contribution in [0.2, 0.25) is 5.02 Å². The molecular formula is C24H22BrClN4O3S. The molecule has 0 atom stereocenters. The number of carbonyl (C=O) groups excluding carboxylic acids is 2. The third kappa shape index (κ3) is 6.53. The van der Waals surface area contributed by atoms with E-state index >= 15 is 0 Å². The highest BCUT2D eigenvalue weighted by atomic mass is 79.9. The fourth-order valence-corrected chi connectivity index (χ4v) is 4.31. The van der Waals surface area contributed by atoms with Crippen LogP contribution < -0.4 is 5.43 Å². The molecule has 3 rings (SSSR count). The van der Waals surface area contributed by atoms with E-state index in [4.69, 9.17) is 16.3 Å². The quantitative estimate of drug-likeness (QED) is 0.158. The molecule has 7 nitrogen and oxygen atoms in total. The number of thiophene rings is 1. The lowest BCUT2D eigenvalue weighted by Crippen LogP contribution is -2.17. The SMILES string of the molecule is CCOC(=O)c1c(/N=C/N(C)C)sc(/C=N/NC(=O)c2ccc(Br)cc2)c1-c1ccc(Cl)cc1. The molecule has 3 aromatic rings. The number of hydrogen-bond acceptors (Lipinski definition) is 6. The van der Waals surface area contributed by atoms with E-state index in [2.05, 4.69) is 31.4 Å². The number of amides is 1. The zero-order chi connectivity index (χ0) is 24.7. The maximum atomic E-state index is 12.9. The molecule has 0 radical (unpaired) electrons. The zero-order valence-corrected chi connectivity index (χ0v) is 21.9. The van der Waals surface area contributed by atoms with Gasteiger partial charge in [0.15, 0.2) is 0 Å². The lowest BCUT2D eigenvalue weighted by atomic mass is 10.0. The Hall–Kier alpha value is -3.01. The van der Waals surface area contributed by atoms with Crippen LogP contribution in [-0.4, -0.2) is 50.0 Å². The standard InChI is InChI=1S/C24H22BrClN4O3S/c1-4-33-24(32)21-20(15-7-11-18(26)12-8-15)19(34-23(21)27-14-30(2)3)13-28-29-22(31)16-5-9-17(25)10-6-16/h5-14H,4H2,1-3H3,(H,29,31)/b27-14+,28-13+. The number of carbonyl (C=O) groups is 2. The van der Waals surface area contributed by atoms with Gasteiger partial charge in [0.1, 0.15) is 10.6 Å². The van der Waals surface area contributed by atoms with Crippen LogP contribution in [0.3, 0.4) is 0 Å². The van der Waals surface area contributed by atoms with Crippen molar-refractivity contribution in [3.63, 3.8) is 0 Å². The highest BCUT2D eigenvalue weighted by Gasteiger charge is 2.25. The summed E-state index contributed by atoms with van der Waals surface area (Å²) < 4.78 is 6.19. The number of rotatable bonds is 8. The first-order valence-electron chi connectivity index (χ1n) is 10.2. The van der Waals surface area contributed by atoms with Crippen LogP contribution in [0.25, 0.3) is 11.1 Å². The van der Waals surface area contributed by atoms with Gasteiger partial charge in [-0.2, -0.15) is 5.10 Å². The number of nitrogens with one attached hydrogen (secondary N) is 1. The summed E-state index contributed by atoms with van der Waals surface area (Å²) in [4.78, 5) is 32.2. The third-order valence-electron chi connectivity index (χ3n) is 4.39. The highest BCUT2D eigenvalue weighted by molar-refractivity contribution is 9.10. The summed E-state index contributed by atoms with van der Waals surface area (Å²) in [7, 11) is 3.67. The summed E-state index contributed by atoms with van der Waals surface area (Å²) in [5.74, 6) is -0.849. The van der Waals surface area contributed by atoms with Crippen molar-refractivity contribution in [2.24, 2.45) is 10.1 Å². The molecule has 10 heteroatoms. The number of esters is 1. The fourth-order valence-electron chi connectivity index (χ4n) is 2.90. The number of hydrazone groups is 1. The molecule has 1 aromatic heterocycles. The number of halogens is 2.